The van der Waals surface area contributed by atoms with Crippen molar-refractivity contribution in [2.24, 2.45) is 0 Å². The van der Waals surface area contributed by atoms with Gasteiger partial charge in [0.15, 0.2) is 0 Å². The molecule has 6 heteroatoms. The van der Waals surface area contributed by atoms with E-state index in [9.17, 15) is 13.2 Å². The van der Waals surface area contributed by atoms with Crippen LogP contribution in [0.15, 0.2) is 12.3 Å². The molecule has 0 aliphatic carbocycles. The molecule has 2 aliphatic rings. The maximum absolute atomic E-state index is 12.6. The fraction of sp³-hybridized carbons (Fsp3) is 0.545. The highest BCUT2D eigenvalue weighted by atomic mass is 19.4. The number of halogens is 3. The molecule has 17 heavy (non-hydrogen) atoms. The minimum absolute atomic E-state index is 0.259. The second-order valence-corrected chi connectivity index (χ2v) is 4.46. The predicted molar refractivity (Wildman–Crippen MR) is 56.9 cm³/mol. The SMILES string of the molecule is FC(F)(F)c1cnc2c(c1)CC1CNCCN21. The number of nitrogens with zero attached hydrogens (tertiary/aromatic N) is 2. The Morgan fingerprint density at radius 1 is 1.41 bits per heavy atom. The van der Waals surface area contributed by atoms with Gasteiger partial charge in [-0.1, -0.05) is 0 Å². The standard InChI is InChI=1S/C11H12F3N3/c12-11(13,14)8-3-7-4-9-6-15-1-2-17(9)10(7)16-5-8/h3,5,9,15H,1-2,4,6H2. The van der Waals surface area contributed by atoms with Gasteiger partial charge in [-0.25, -0.2) is 4.98 Å². The molecule has 0 aromatic carbocycles. The smallest absolute Gasteiger partial charge is 0.351 e. The Morgan fingerprint density at radius 3 is 3.00 bits per heavy atom. The second kappa shape index (κ2) is 3.60. The molecule has 1 atom stereocenters. The number of rotatable bonds is 0. The summed E-state index contributed by atoms with van der Waals surface area (Å²) in [6.07, 6.45) is -2.72. The van der Waals surface area contributed by atoms with Gasteiger partial charge in [0.1, 0.15) is 5.82 Å². The molecule has 1 aromatic rings. The number of hydrogen-bond acceptors (Lipinski definition) is 3. The van der Waals surface area contributed by atoms with Crippen LogP contribution in [0.3, 0.4) is 0 Å². The summed E-state index contributed by atoms with van der Waals surface area (Å²) in [7, 11) is 0. The van der Waals surface area contributed by atoms with Gasteiger partial charge >= 0.3 is 6.18 Å². The van der Waals surface area contributed by atoms with Gasteiger partial charge in [-0.3, -0.25) is 0 Å². The first-order valence-electron chi connectivity index (χ1n) is 5.59. The summed E-state index contributed by atoms with van der Waals surface area (Å²) in [6, 6.07) is 1.50. The Morgan fingerprint density at radius 2 is 2.24 bits per heavy atom. The molecule has 0 radical (unpaired) electrons. The molecule has 2 aliphatic heterocycles. The molecule has 1 saturated heterocycles. The van der Waals surface area contributed by atoms with Crippen molar-refractivity contribution in [2.75, 3.05) is 24.5 Å². The number of pyridine rings is 1. The normalized spacial score (nSPS) is 23.5. The molecule has 3 rings (SSSR count). The molecule has 1 aromatic heterocycles. The van der Waals surface area contributed by atoms with Crippen LogP contribution in [0.1, 0.15) is 11.1 Å². The molecule has 1 fully saturated rings. The quantitative estimate of drug-likeness (QED) is 0.747. The van der Waals surface area contributed by atoms with Crippen LogP contribution < -0.4 is 10.2 Å². The van der Waals surface area contributed by atoms with E-state index in [1.54, 1.807) is 0 Å². The zero-order chi connectivity index (χ0) is 12.0. The highest BCUT2D eigenvalue weighted by Crippen LogP contribution is 2.36. The summed E-state index contributed by atoms with van der Waals surface area (Å²) in [4.78, 5) is 6.09. The number of piperazine rings is 1. The van der Waals surface area contributed by atoms with E-state index in [0.29, 0.717) is 12.0 Å². The van der Waals surface area contributed by atoms with Gasteiger partial charge in [0, 0.05) is 31.9 Å². The summed E-state index contributed by atoms with van der Waals surface area (Å²) in [5, 5.41) is 3.24. The van der Waals surface area contributed by atoms with Crippen molar-refractivity contribution >= 4 is 5.82 Å². The number of anilines is 1. The Hall–Kier alpha value is -1.30. The number of aromatic nitrogens is 1. The third-order valence-electron chi connectivity index (χ3n) is 3.35. The minimum Gasteiger partial charge on any atom is -0.351 e. The lowest BCUT2D eigenvalue weighted by atomic mass is 10.1. The highest BCUT2D eigenvalue weighted by Gasteiger charge is 2.36. The first kappa shape index (κ1) is 10.8. The maximum Gasteiger partial charge on any atom is 0.417 e. The van der Waals surface area contributed by atoms with Crippen LogP contribution in [0, 0.1) is 0 Å². The van der Waals surface area contributed by atoms with E-state index in [4.69, 9.17) is 0 Å². The minimum atomic E-state index is -4.30. The van der Waals surface area contributed by atoms with Gasteiger partial charge < -0.3 is 10.2 Å². The van der Waals surface area contributed by atoms with Crippen molar-refractivity contribution in [3.05, 3.63) is 23.4 Å². The van der Waals surface area contributed by atoms with E-state index in [2.05, 4.69) is 15.2 Å². The van der Waals surface area contributed by atoms with Gasteiger partial charge in [-0.15, -0.1) is 0 Å². The number of fused-ring (bicyclic) bond motifs is 3. The average molecular weight is 243 g/mol. The van der Waals surface area contributed by atoms with Crippen LogP contribution in [-0.2, 0) is 12.6 Å². The van der Waals surface area contributed by atoms with Gasteiger partial charge in [0.05, 0.1) is 5.56 Å². The molecular weight excluding hydrogens is 231 g/mol. The fourth-order valence-electron chi connectivity index (χ4n) is 2.54. The lowest BCUT2D eigenvalue weighted by molar-refractivity contribution is -0.137. The van der Waals surface area contributed by atoms with E-state index in [1.807, 2.05) is 0 Å². The van der Waals surface area contributed by atoms with Crippen LogP contribution in [0.4, 0.5) is 19.0 Å². The summed E-state index contributed by atoms with van der Waals surface area (Å²) < 4.78 is 37.7. The van der Waals surface area contributed by atoms with Crippen LogP contribution in [0.5, 0.6) is 0 Å². The van der Waals surface area contributed by atoms with E-state index in [1.165, 1.54) is 6.07 Å². The summed E-state index contributed by atoms with van der Waals surface area (Å²) in [6.45, 7) is 2.49. The molecule has 0 amide bonds. The molecular formula is C11H12F3N3. The van der Waals surface area contributed by atoms with Gasteiger partial charge in [0.2, 0.25) is 0 Å². The Labute approximate surface area is 96.6 Å². The third-order valence-corrected chi connectivity index (χ3v) is 3.35. The zero-order valence-electron chi connectivity index (χ0n) is 9.09. The van der Waals surface area contributed by atoms with Crippen LogP contribution in [0.25, 0.3) is 0 Å². The Balaban J connectivity index is 1.97. The molecule has 0 bridgehead atoms. The number of alkyl halides is 3. The lowest BCUT2D eigenvalue weighted by Crippen LogP contribution is -2.49. The predicted octanol–water partition coefficient (Wildman–Crippen LogP) is 1.43. The molecule has 1 unspecified atom stereocenters. The van der Waals surface area contributed by atoms with Crippen LogP contribution in [0.2, 0.25) is 0 Å². The van der Waals surface area contributed by atoms with Crippen molar-refractivity contribution < 1.29 is 13.2 Å². The van der Waals surface area contributed by atoms with E-state index in [0.717, 1.165) is 31.6 Å². The van der Waals surface area contributed by atoms with Gasteiger partial charge in [-0.05, 0) is 18.1 Å². The van der Waals surface area contributed by atoms with Crippen molar-refractivity contribution in [3.8, 4) is 0 Å². The fourth-order valence-corrected chi connectivity index (χ4v) is 2.54. The second-order valence-electron chi connectivity index (χ2n) is 4.46. The molecule has 92 valence electrons. The summed E-state index contributed by atoms with van der Waals surface area (Å²) in [5.74, 6) is 0.726. The Kier molecular flexibility index (Phi) is 2.29. The summed E-state index contributed by atoms with van der Waals surface area (Å²) >= 11 is 0. The molecule has 0 saturated carbocycles. The third kappa shape index (κ3) is 1.76. The zero-order valence-corrected chi connectivity index (χ0v) is 9.09. The maximum atomic E-state index is 12.6. The van der Waals surface area contributed by atoms with Crippen molar-refractivity contribution in [1.82, 2.24) is 10.3 Å². The average Bonchev–Trinajstić information content (AvgIpc) is 2.65. The van der Waals surface area contributed by atoms with E-state index < -0.39 is 11.7 Å². The number of hydrogen-bond donors (Lipinski definition) is 1. The first-order valence-corrected chi connectivity index (χ1v) is 5.59. The summed E-state index contributed by atoms with van der Waals surface area (Å²) in [5.41, 5.74) is 0.0672. The van der Waals surface area contributed by atoms with E-state index in [-0.39, 0.29) is 6.04 Å². The lowest BCUT2D eigenvalue weighted by Gasteiger charge is -2.31. The van der Waals surface area contributed by atoms with Gasteiger partial charge in [0.25, 0.3) is 0 Å². The van der Waals surface area contributed by atoms with Crippen LogP contribution in [-0.4, -0.2) is 30.7 Å². The van der Waals surface area contributed by atoms with Gasteiger partial charge in [-0.2, -0.15) is 13.2 Å². The first-order chi connectivity index (χ1) is 8.05. The van der Waals surface area contributed by atoms with Crippen molar-refractivity contribution in [2.45, 2.75) is 18.6 Å². The largest absolute Gasteiger partial charge is 0.417 e. The van der Waals surface area contributed by atoms with Crippen molar-refractivity contribution in [1.29, 1.82) is 0 Å². The van der Waals surface area contributed by atoms with E-state index >= 15 is 0 Å². The topological polar surface area (TPSA) is 28.2 Å². The highest BCUT2D eigenvalue weighted by molar-refractivity contribution is 5.55. The number of nitrogens with one attached hydrogen (secondary N) is 1. The molecule has 0 spiro atoms. The monoisotopic (exact) mass is 243 g/mol. The molecule has 3 heterocycles. The molecule has 3 nitrogen and oxygen atoms in total. The Bertz CT molecular complexity index is 444. The molecule has 1 N–H and O–H groups in total. The van der Waals surface area contributed by atoms with Crippen LogP contribution >= 0.6 is 0 Å². The van der Waals surface area contributed by atoms with Crippen molar-refractivity contribution in [3.63, 3.8) is 0 Å².